The van der Waals surface area contributed by atoms with Crippen molar-refractivity contribution in [1.29, 1.82) is 0 Å². The molecule has 0 radical (unpaired) electrons. The highest BCUT2D eigenvalue weighted by atomic mass is 19.1. The summed E-state index contributed by atoms with van der Waals surface area (Å²) in [4.78, 5) is 16.3. The molecule has 1 unspecified atom stereocenters. The Kier molecular flexibility index (Phi) is 3.88. The van der Waals surface area contributed by atoms with Crippen LogP contribution in [0.25, 0.3) is 10.9 Å². The predicted molar refractivity (Wildman–Crippen MR) is 98.7 cm³/mol. The van der Waals surface area contributed by atoms with Gasteiger partial charge in [0.25, 0.3) is 5.91 Å². The van der Waals surface area contributed by atoms with Gasteiger partial charge in [-0.25, -0.2) is 4.39 Å². The molecule has 136 valence electrons. The van der Waals surface area contributed by atoms with Crippen LogP contribution in [-0.4, -0.2) is 29.4 Å². The normalized spacial score (nSPS) is 18.8. The van der Waals surface area contributed by atoms with Crippen LogP contribution in [0.5, 0.6) is 5.75 Å². The number of hydrogen-bond acceptors (Lipinski definition) is 5. The van der Waals surface area contributed by atoms with Gasteiger partial charge in [0.15, 0.2) is 5.66 Å². The SMILES string of the molecule is COc1cccc(F)c1C1(c2ccc3[nH]ncc3c2)N=CC=C(C(N)=O)N1. The number of fused-ring (bicyclic) bond motifs is 1. The largest absolute Gasteiger partial charge is 0.496 e. The number of ether oxygens (including phenoxy) is 1. The molecule has 27 heavy (non-hydrogen) atoms. The molecule has 0 bridgehead atoms. The highest BCUT2D eigenvalue weighted by molar-refractivity contribution is 5.97. The Balaban J connectivity index is 2.01. The Hall–Kier alpha value is -3.68. The number of benzene rings is 2. The standard InChI is InChI=1S/C19H16FN5O2/c1-27-16-4-2-3-13(20)17(16)19(22-8-7-15(24-19)18(21)26)12-5-6-14-11(9-12)10-23-25-14/h2-10,24H,1H3,(H2,21,26)(H,23,25). The predicted octanol–water partition coefficient (Wildman–Crippen LogP) is 1.95. The molecule has 0 aliphatic carbocycles. The van der Waals surface area contributed by atoms with E-state index in [1.165, 1.54) is 25.5 Å². The van der Waals surface area contributed by atoms with Gasteiger partial charge < -0.3 is 15.8 Å². The molecule has 4 N–H and O–H groups in total. The van der Waals surface area contributed by atoms with Gasteiger partial charge in [-0.3, -0.25) is 14.9 Å². The van der Waals surface area contributed by atoms with E-state index in [1.807, 2.05) is 12.1 Å². The molecule has 1 atom stereocenters. The maximum Gasteiger partial charge on any atom is 0.264 e. The topological polar surface area (TPSA) is 105 Å². The highest BCUT2D eigenvalue weighted by Gasteiger charge is 2.41. The average Bonchev–Trinajstić information content (AvgIpc) is 3.15. The van der Waals surface area contributed by atoms with E-state index in [0.29, 0.717) is 5.56 Å². The minimum absolute atomic E-state index is 0.114. The lowest BCUT2D eigenvalue weighted by Gasteiger charge is -2.36. The number of amides is 1. The van der Waals surface area contributed by atoms with Crippen LogP contribution in [0.15, 0.2) is 59.4 Å². The van der Waals surface area contributed by atoms with E-state index in [2.05, 4.69) is 20.5 Å². The lowest BCUT2D eigenvalue weighted by atomic mass is 9.88. The molecule has 1 aliphatic heterocycles. The van der Waals surface area contributed by atoms with Crippen LogP contribution in [0.3, 0.4) is 0 Å². The molecule has 7 nitrogen and oxygen atoms in total. The zero-order chi connectivity index (χ0) is 19.0. The number of methoxy groups -OCH3 is 1. The van der Waals surface area contributed by atoms with E-state index in [1.54, 1.807) is 24.4 Å². The van der Waals surface area contributed by atoms with E-state index >= 15 is 0 Å². The van der Waals surface area contributed by atoms with E-state index < -0.39 is 17.4 Å². The number of H-pyrrole nitrogens is 1. The number of primary amides is 1. The number of rotatable bonds is 4. The molecule has 0 saturated carbocycles. The number of nitrogens with zero attached hydrogens (tertiary/aromatic N) is 2. The maximum absolute atomic E-state index is 15.0. The summed E-state index contributed by atoms with van der Waals surface area (Å²) < 4.78 is 20.4. The highest BCUT2D eigenvalue weighted by Crippen LogP contribution is 2.41. The van der Waals surface area contributed by atoms with Gasteiger partial charge >= 0.3 is 0 Å². The summed E-state index contributed by atoms with van der Waals surface area (Å²) in [6.07, 6.45) is 4.54. The zero-order valence-electron chi connectivity index (χ0n) is 14.4. The molecule has 1 amide bonds. The van der Waals surface area contributed by atoms with Crippen molar-refractivity contribution in [1.82, 2.24) is 15.5 Å². The third kappa shape index (κ3) is 2.62. The van der Waals surface area contributed by atoms with Crippen molar-refractivity contribution < 1.29 is 13.9 Å². The number of aromatic amines is 1. The van der Waals surface area contributed by atoms with Crippen LogP contribution in [0.4, 0.5) is 4.39 Å². The Bertz CT molecular complexity index is 1100. The van der Waals surface area contributed by atoms with Crippen LogP contribution < -0.4 is 15.8 Å². The van der Waals surface area contributed by atoms with E-state index in [4.69, 9.17) is 10.5 Å². The quantitative estimate of drug-likeness (QED) is 0.657. The third-order valence-corrected chi connectivity index (χ3v) is 4.51. The van der Waals surface area contributed by atoms with Crippen molar-refractivity contribution in [3.8, 4) is 5.75 Å². The van der Waals surface area contributed by atoms with Gasteiger partial charge in [-0.2, -0.15) is 5.10 Å². The van der Waals surface area contributed by atoms with Crippen LogP contribution >= 0.6 is 0 Å². The smallest absolute Gasteiger partial charge is 0.264 e. The Morgan fingerprint density at radius 1 is 1.30 bits per heavy atom. The summed E-state index contributed by atoms with van der Waals surface area (Å²) in [5, 5.41) is 10.7. The number of nitrogens with one attached hydrogen (secondary N) is 2. The molecular weight excluding hydrogens is 349 g/mol. The first-order chi connectivity index (χ1) is 13.0. The van der Waals surface area contributed by atoms with Crippen LogP contribution in [-0.2, 0) is 10.5 Å². The minimum atomic E-state index is -1.43. The summed E-state index contributed by atoms with van der Waals surface area (Å²) in [5.41, 5.74) is 5.71. The molecule has 0 spiro atoms. The first kappa shape index (κ1) is 16.8. The Morgan fingerprint density at radius 2 is 2.15 bits per heavy atom. The molecule has 8 heteroatoms. The third-order valence-electron chi connectivity index (χ3n) is 4.51. The molecule has 1 aliphatic rings. The Labute approximate surface area is 153 Å². The Morgan fingerprint density at radius 3 is 2.93 bits per heavy atom. The lowest BCUT2D eigenvalue weighted by molar-refractivity contribution is -0.115. The van der Waals surface area contributed by atoms with E-state index in [9.17, 15) is 9.18 Å². The number of allylic oxidation sites excluding steroid dienone is 1. The molecule has 0 saturated heterocycles. The van der Waals surface area contributed by atoms with E-state index in [-0.39, 0.29) is 17.0 Å². The van der Waals surface area contributed by atoms with Gasteiger partial charge in [0.1, 0.15) is 17.3 Å². The van der Waals surface area contributed by atoms with Gasteiger partial charge in [-0.15, -0.1) is 0 Å². The average molecular weight is 365 g/mol. The summed E-state index contributed by atoms with van der Waals surface area (Å²) >= 11 is 0. The van der Waals surface area contributed by atoms with Gasteiger partial charge in [-0.05, 0) is 30.3 Å². The van der Waals surface area contributed by atoms with Gasteiger partial charge in [-0.1, -0.05) is 12.1 Å². The number of carbonyl (C=O) groups is 1. The first-order valence-corrected chi connectivity index (χ1v) is 8.15. The molecule has 1 aromatic heterocycles. The number of hydrogen-bond donors (Lipinski definition) is 3. The summed E-state index contributed by atoms with van der Waals surface area (Å²) in [7, 11) is 1.45. The second kappa shape index (κ2) is 6.24. The van der Waals surface area contributed by atoms with Crippen molar-refractivity contribution in [2.45, 2.75) is 5.66 Å². The maximum atomic E-state index is 15.0. The van der Waals surface area contributed by atoms with Gasteiger partial charge in [0.05, 0.1) is 24.4 Å². The fourth-order valence-corrected chi connectivity index (χ4v) is 3.25. The van der Waals surface area contributed by atoms with Crippen molar-refractivity contribution in [2.24, 2.45) is 10.7 Å². The number of aromatic nitrogens is 2. The van der Waals surface area contributed by atoms with Gasteiger partial charge in [0.2, 0.25) is 0 Å². The van der Waals surface area contributed by atoms with Crippen LogP contribution in [0, 0.1) is 5.82 Å². The fraction of sp³-hybridized carbons (Fsp3) is 0.105. The number of aliphatic imine (C=N–C) groups is 1. The number of carbonyl (C=O) groups excluding carboxylic acids is 1. The van der Waals surface area contributed by atoms with Crippen molar-refractivity contribution in [2.75, 3.05) is 7.11 Å². The van der Waals surface area contributed by atoms with Crippen molar-refractivity contribution >= 4 is 23.0 Å². The fourth-order valence-electron chi connectivity index (χ4n) is 3.25. The second-order valence-corrected chi connectivity index (χ2v) is 6.05. The first-order valence-electron chi connectivity index (χ1n) is 8.15. The molecule has 0 fully saturated rings. The molecule has 2 aromatic carbocycles. The van der Waals surface area contributed by atoms with Crippen LogP contribution in [0.1, 0.15) is 11.1 Å². The molecule has 2 heterocycles. The summed E-state index contributed by atoms with van der Waals surface area (Å²) in [5.74, 6) is -0.917. The molecule has 3 aromatic rings. The molecule has 4 rings (SSSR count). The molecular formula is C19H16FN5O2. The zero-order valence-corrected chi connectivity index (χ0v) is 14.4. The van der Waals surface area contributed by atoms with E-state index in [0.717, 1.165) is 10.9 Å². The summed E-state index contributed by atoms with van der Waals surface area (Å²) in [6.45, 7) is 0. The van der Waals surface area contributed by atoms with Crippen molar-refractivity contribution in [3.63, 3.8) is 0 Å². The lowest BCUT2D eigenvalue weighted by Crippen LogP contribution is -2.47. The minimum Gasteiger partial charge on any atom is -0.496 e. The second-order valence-electron chi connectivity index (χ2n) is 6.05. The number of halogens is 1. The monoisotopic (exact) mass is 365 g/mol. The van der Waals surface area contributed by atoms with Gasteiger partial charge in [0, 0.05) is 17.2 Å². The van der Waals surface area contributed by atoms with Crippen molar-refractivity contribution in [3.05, 3.63) is 71.3 Å². The summed E-state index contributed by atoms with van der Waals surface area (Å²) in [6, 6.07) is 9.90. The number of nitrogens with two attached hydrogens (primary N) is 1. The van der Waals surface area contributed by atoms with Crippen LogP contribution in [0.2, 0.25) is 0 Å².